The molecule has 2 aromatic heterocycles. The van der Waals surface area contributed by atoms with Crippen molar-refractivity contribution in [3.63, 3.8) is 0 Å². The summed E-state index contributed by atoms with van der Waals surface area (Å²) in [7, 11) is 0. The zero-order chi connectivity index (χ0) is 16.1. The van der Waals surface area contributed by atoms with Gasteiger partial charge < -0.3 is 10.2 Å². The number of hydrogen-bond acceptors (Lipinski definition) is 5. The molecule has 1 aliphatic heterocycles. The second-order valence-corrected chi connectivity index (χ2v) is 6.84. The predicted molar refractivity (Wildman–Crippen MR) is 93.0 cm³/mol. The van der Waals surface area contributed by atoms with Crippen molar-refractivity contribution in [2.75, 3.05) is 18.0 Å². The number of aryl methyl sites for hydroxylation is 1. The molecule has 0 saturated carbocycles. The zero-order valence-corrected chi connectivity index (χ0v) is 14.2. The van der Waals surface area contributed by atoms with Crippen LogP contribution in [0.4, 0.5) is 5.82 Å². The van der Waals surface area contributed by atoms with E-state index < -0.39 is 0 Å². The average molecular weight is 330 g/mol. The van der Waals surface area contributed by atoms with E-state index in [9.17, 15) is 4.79 Å². The Morgan fingerprint density at radius 1 is 1.30 bits per heavy atom. The third-order valence-electron chi connectivity index (χ3n) is 4.02. The van der Waals surface area contributed by atoms with Crippen molar-refractivity contribution in [1.82, 2.24) is 15.3 Å². The molecule has 0 aromatic carbocycles. The van der Waals surface area contributed by atoms with E-state index >= 15 is 0 Å². The largest absolute Gasteiger partial charge is 0.357 e. The summed E-state index contributed by atoms with van der Waals surface area (Å²) in [5.74, 6) is 0.959. The van der Waals surface area contributed by atoms with Gasteiger partial charge in [-0.25, -0.2) is 9.97 Å². The highest BCUT2D eigenvalue weighted by Gasteiger charge is 2.13. The molecule has 1 aliphatic rings. The van der Waals surface area contributed by atoms with Crippen molar-refractivity contribution in [2.45, 2.75) is 39.2 Å². The number of nitrogens with zero attached hydrogens (tertiary/aromatic N) is 3. The van der Waals surface area contributed by atoms with Gasteiger partial charge in [0.2, 0.25) is 0 Å². The van der Waals surface area contributed by atoms with Gasteiger partial charge in [0.25, 0.3) is 5.91 Å². The van der Waals surface area contributed by atoms with E-state index in [1.807, 2.05) is 19.2 Å². The van der Waals surface area contributed by atoms with Crippen molar-refractivity contribution in [2.24, 2.45) is 0 Å². The van der Waals surface area contributed by atoms with Crippen LogP contribution in [0, 0.1) is 0 Å². The molecule has 6 heteroatoms. The molecular formula is C17H22N4OS. The maximum atomic E-state index is 12.2. The molecule has 0 unspecified atom stereocenters. The molecule has 1 fully saturated rings. The average Bonchev–Trinajstić information content (AvgIpc) is 3.10. The Morgan fingerprint density at radius 3 is 2.87 bits per heavy atom. The Morgan fingerprint density at radius 2 is 2.13 bits per heavy atom. The van der Waals surface area contributed by atoms with Crippen LogP contribution in [0.2, 0.25) is 0 Å². The molecule has 1 N–H and O–H groups in total. The summed E-state index contributed by atoms with van der Waals surface area (Å²) in [6, 6.07) is 4.04. The summed E-state index contributed by atoms with van der Waals surface area (Å²) >= 11 is 1.46. The summed E-state index contributed by atoms with van der Waals surface area (Å²) in [4.78, 5) is 23.9. The lowest BCUT2D eigenvalue weighted by molar-refractivity contribution is 0.0954. The molecule has 1 amide bonds. The van der Waals surface area contributed by atoms with Gasteiger partial charge in [0.15, 0.2) is 0 Å². The molecular weight excluding hydrogens is 308 g/mol. The predicted octanol–water partition coefficient (Wildman–Crippen LogP) is 3.02. The van der Waals surface area contributed by atoms with Crippen LogP contribution in [-0.4, -0.2) is 29.0 Å². The number of aromatic nitrogens is 2. The Kier molecular flexibility index (Phi) is 5.23. The van der Waals surface area contributed by atoms with Crippen LogP contribution in [0.5, 0.6) is 0 Å². The maximum Gasteiger partial charge on any atom is 0.263 e. The van der Waals surface area contributed by atoms with Crippen molar-refractivity contribution in [1.29, 1.82) is 0 Å². The van der Waals surface area contributed by atoms with Gasteiger partial charge in [0.05, 0.1) is 11.2 Å². The molecule has 3 rings (SSSR count). The van der Waals surface area contributed by atoms with Gasteiger partial charge in [0, 0.05) is 25.8 Å². The number of rotatable bonds is 5. The standard InChI is InChI=1S/C17H22N4OS/c1-2-16-19-12-14(23-16)17(22)20-11-13-6-7-18-15(10-13)21-8-4-3-5-9-21/h6-7,10,12H,2-5,8-9,11H2,1H3,(H,20,22). The molecule has 0 aliphatic carbocycles. The number of thiazole rings is 1. The van der Waals surface area contributed by atoms with Gasteiger partial charge in [-0.05, 0) is 43.4 Å². The van der Waals surface area contributed by atoms with E-state index in [0.717, 1.165) is 35.9 Å². The minimum atomic E-state index is -0.0569. The van der Waals surface area contributed by atoms with Crippen molar-refractivity contribution in [3.05, 3.63) is 40.0 Å². The second kappa shape index (κ2) is 7.55. The van der Waals surface area contributed by atoms with Crippen LogP contribution in [0.25, 0.3) is 0 Å². The fraction of sp³-hybridized carbons (Fsp3) is 0.471. The number of piperidine rings is 1. The normalized spacial score (nSPS) is 14.7. The summed E-state index contributed by atoms with van der Waals surface area (Å²) in [6.07, 6.45) is 8.11. The molecule has 2 aromatic rings. The van der Waals surface area contributed by atoms with E-state index in [4.69, 9.17) is 0 Å². The number of carbonyl (C=O) groups excluding carboxylic acids is 1. The fourth-order valence-electron chi connectivity index (χ4n) is 2.71. The molecule has 122 valence electrons. The SMILES string of the molecule is CCc1ncc(C(=O)NCc2ccnc(N3CCCCC3)c2)s1. The highest BCUT2D eigenvalue weighted by molar-refractivity contribution is 7.13. The van der Waals surface area contributed by atoms with Crippen LogP contribution in [0.1, 0.15) is 46.4 Å². The Labute approximate surface area is 140 Å². The number of nitrogens with one attached hydrogen (secondary N) is 1. The van der Waals surface area contributed by atoms with Crippen LogP contribution < -0.4 is 10.2 Å². The number of hydrogen-bond donors (Lipinski definition) is 1. The lowest BCUT2D eigenvalue weighted by Crippen LogP contribution is -2.30. The molecule has 0 spiro atoms. The van der Waals surface area contributed by atoms with Gasteiger partial charge in [-0.15, -0.1) is 11.3 Å². The van der Waals surface area contributed by atoms with E-state index in [-0.39, 0.29) is 5.91 Å². The van der Waals surface area contributed by atoms with Crippen LogP contribution >= 0.6 is 11.3 Å². The van der Waals surface area contributed by atoms with Crippen molar-refractivity contribution >= 4 is 23.1 Å². The van der Waals surface area contributed by atoms with Crippen LogP contribution in [0.3, 0.4) is 0 Å². The smallest absolute Gasteiger partial charge is 0.263 e. The number of carbonyl (C=O) groups is 1. The first kappa shape index (κ1) is 15.9. The third kappa shape index (κ3) is 4.07. The first-order valence-electron chi connectivity index (χ1n) is 8.19. The molecule has 23 heavy (non-hydrogen) atoms. The van der Waals surface area contributed by atoms with Gasteiger partial charge in [-0.2, -0.15) is 0 Å². The Hall–Kier alpha value is -1.95. The molecule has 0 radical (unpaired) electrons. The van der Waals surface area contributed by atoms with Gasteiger partial charge in [-0.1, -0.05) is 6.92 Å². The fourth-order valence-corrected chi connectivity index (χ4v) is 3.49. The van der Waals surface area contributed by atoms with Gasteiger partial charge in [-0.3, -0.25) is 4.79 Å². The summed E-state index contributed by atoms with van der Waals surface area (Å²) in [6.45, 7) is 4.70. The quantitative estimate of drug-likeness (QED) is 0.915. The first-order valence-corrected chi connectivity index (χ1v) is 9.00. The minimum absolute atomic E-state index is 0.0569. The Bertz CT molecular complexity index is 664. The summed E-state index contributed by atoms with van der Waals surface area (Å²) < 4.78 is 0. The van der Waals surface area contributed by atoms with Gasteiger partial charge >= 0.3 is 0 Å². The van der Waals surface area contributed by atoms with Crippen molar-refractivity contribution < 1.29 is 4.79 Å². The third-order valence-corrected chi connectivity index (χ3v) is 5.16. The summed E-state index contributed by atoms with van der Waals surface area (Å²) in [5, 5.41) is 3.96. The monoisotopic (exact) mass is 330 g/mol. The second-order valence-electron chi connectivity index (χ2n) is 5.72. The number of anilines is 1. The zero-order valence-electron chi connectivity index (χ0n) is 13.4. The number of pyridine rings is 1. The van der Waals surface area contributed by atoms with E-state index in [0.29, 0.717) is 11.4 Å². The van der Waals surface area contributed by atoms with Crippen LogP contribution in [0.15, 0.2) is 24.5 Å². The maximum absolute atomic E-state index is 12.2. The lowest BCUT2D eigenvalue weighted by Gasteiger charge is -2.27. The summed E-state index contributed by atoms with van der Waals surface area (Å²) in [5.41, 5.74) is 1.08. The molecule has 0 bridgehead atoms. The Balaban J connectivity index is 1.60. The van der Waals surface area contributed by atoms with E-state index in [1.165, 1.54) is 30.6 Å². The van der Waals surface area contributed by atoms with Crippen LogP contribution in [-0.2, 0) is 13.0 Å². The molecule has 1 saturated heterocycles. The molecule has 3 heterocycles. The minimum Gasteiger partial charge on any atom is -0.357 e. The topological polar surface area (TPSA) is 58.1 Å². The van der Waals surface area contributed by atoms with Crippen molar-refractivity contribution in [3.8, 4) is 0 Å². The first-order chi connectivity index (χ1) is 11.3. The van der Waals surface area contributed by atoms with E-state index in [2.05, 4.69) is 26.3 Å². The molecule has 5 nitrogen and oxygen atoms in total. The lowest BCUT2D eigenvalue weighted by atomic mass is 10.1. The van der Waals surface area contributed by atoms with E-state index in [1.54, 1.807) is 6.20 Å². The highest BCUT2D eigenvalue weighted by Crippen LogP contribution is 2.18. The molecule has 0 atom stereocenters. The van der Waals surface area contributed by atoms with Gasteiger partial charge in [0.1, 0.15) is 10.7 Å². The number of amides is 1. The highest BCUT2D eigenvalue weighted by atomic mass is 32.1.